The molecule has 6 aromatic carbocycles. The van der Waals surface area contributed by atoms with Crippen LogP contribution in [0.1, 0.15) is 0 Å². The van der Waals surface area contributed by atoms with E-state index in [1.165, 1.54) is 0 Å². The first-order valence-electron chi connectivity index (χ1n) is 15.8. The average Bonchev–Trinajstić information content (AvgIpc) is 3.74. The highest BCUT2D eigenvalue weighted by Gasteiger charge is 2.22. The van der Waals surface area contributed by atoms with Crippen molar-refractivity contribution in [3.8, 4) is 45.3 Å². The number of benzene rings is 6. The molecule has 0 saturated heterocycles. The molecule has 0 fully saturated rings. The molecule has 0 atom stereocenters. The lowest BCUT2D eigenvalue weighted by atomic mass is 10.0. The second-order valence-corrected chi connectivity index (χ2v) is 11.8. The lowest BCUT2D eigenvalue weighted by Gasteiger charge is -2.10. The van der Waals surface area contributed by atoms with Crippen molar-refractivity contribution >= 4 is 54.8 Å². The van der Waals surface area contributed by atoms with E-state index in [2.05, 4.69) is 54.6 Å². The van der Waals surface area contributed by atoms with Crippen LogP contribution in [0.15, 0.2) is 155 Å². The third kappa shape index (κ3) is 4.13. The first-order valence-corrected chi connectivity index (χ1v) is 15.8. The van der Waals surface area contributed by atoms with Crippen molar-refractivity contribution in [2.75, 3.05) is 0 Å². The monoisotopic (exact) mass is 616 g/mol. The molecule has 0 radical (unpaired) electrons. The van der Waals surface area contributed by atoms with Crippen molar-refractivity contribution in [3.63, 3.8) is 0 Å². The van der Waals surface area contributed by atoms with E-state index in [4.69, 9.17) is 28.8 Å². The Morgan fingerprint density at radius 3 is 2.00 bits per heavy atom. The van der Waals surface area contributed by atoms with Crippen molar-refractivity contribution in [1.82, 2.24) is 19.9 Å². The molecule has 4 heterocycles. The average molecular weight is 617 g/mol. The van der Waals surface area contributed by atoms with Crippen molar-refractivity contribution in [2.45, 2.75) is 0 Å². The van der Waals surface area contributed by atoms with Crippen LogP contribution in [0.2, 0.25) is 0 Å². The molecule has 0 amide bonds. The summed E-state index contributed by atoms with van der Waals surface area (Å²) in [7, 11) is 0. The molecule has 0 aliphatic carbocycles. The molecule has 6 nitrogen and oxygen atoms in total. The molecule has 10 aromatic rings. The Hall–Kier alpha value is -6.66. The van der Waals surface area contributed by atoms with Gasteiger partial charge >= 0.3 is 0 Å². The maximum absolute atomic E-state index is 6.63. The number of nitrogens with zero attached hydrogens (tertiary/aromatic N) is 4. The smallest absolute Gasteiger partial charge is 0.164 e. The van der Waals surface area contributed by atoms with Crippen LogP contribution in [0, 0.1) is 0 Å². The quantitative estimate of drug-likeness (QED) is 0.196. The normalized spacial score (nSPS) is 11.8. The van der Waals surface area contributed by atoms with E-state index in [1.54, 1.807) is 0 Å². The number of fused-ring (bicyclic) bond motifs is 7. The van der Waals surface area contributed by atoms with Gasteiger partial charge in [0.15, 0.2) is 23.1 Å². The minimum Gasteiger partial charge on any atom is -0.455 e. The summed E-state index contributed by atoms with van der Waals surface area (Å²) in [6.07, 6.45) is 1.83. The summed E-state index contributed by atoms with van der Waals surface area (Å²) in [4.78, 5) is 19.9. The lowest BCUT2D eigenvalue weighted by Crippen LogP contribution is -2.00. The predicted octanol–water partition coefficient (Wildman–Crippen LogP) is 10.9. The molecule has 0 spiro atoms. The van der Waals surface area contributed by atoms with Gasteiger partial charge in [-0.25, -0.2) is 15.0 Å². The van der Waals surface area contributed by atoms with Crippen LogP contribution in [-0.2, 0) is 0 Å². The largest absolute Gasteiger partial charge is 0.455 e. The topological polar surface area (TPSA) is 77.8 Å². The van der Waals surface area contributed by atoms with E-state index in [0.29, 0.717) is 28.6 Å². The van der Waals surface area contributed by atoms with Crippen LogP contribution in [0.3, 0.4) is 0 Å². The van der Waals surface area contributed by atoms with E-state index in [9.17, 15) is 0 Å². The maximum atomic E-state index is 6.63. The molecule has 0 saturated carbocycles. The second-order valence-electron chi connectivity index (χ2n) is 11.8. The Labute approximate surface area is 274 Å². The first kappa shape index (κ1) is 26.5. The lowest BCUT2D eigenvalue weighted by molar-refractivity contribution is 0.664. The first-order chi connectivity index (χ1) is 23.8. The van der Waals surface area contributed by atoms with Gasteiger partial charge in [-0.05, 0) is 35.0 Å². The Bertz CT molecular complexity index is 2850. The highest BCUT2D eigenvalue weighted by Crippen LogP contribution is 2.42. The van der Waals surface area contributed by atoms with Crippen LogP contribution < -0.4 is 0 Å². The second kappa shape index (κ2) is 10.4. The molecule has 4 aromatic heterocycles. The summed E-state index contributed by atoms with van der Waals surface area (Å²) >= 11 is 0. The number of hydrogen-bond acceptors (Lipinski definition) is 6. The van der Waals surface area contributed by atoms with E-state index >= 15 is 0 Å². The molecule has 224 valence electrons. The van der Waals surface area contributed by atoms with E-state index in [1.807, 2.05) is 91.1 Å². The summed E-state index contributed by atoms with van der Waals surface area (Å²) in [6.45, 7) is 0. The highest BCUT2D eigenvalue weighted by molar-refractivity contribution is 6.16. The summed E-state index contributed by atoms with van der Waals surface area (Å²) in [6, 6.07) is 46.9. The van der Waals surface area contributed by atoms with Gasteiger partial charge in [0.05, 0.1) is 5.39 Å². The Morgan fingerprint density at radius 2 is 1.08 bits per heavy atom. The zero-order chi connectivity index (χ0) is 31.6. The van der Waals surface area contributed by atoms with Gasteiger partial charge in [-0.15, -0.1) is 0 Å². The fourth-order valence-corrected chi connectivity index (χ4v) is 6.73. The molecule has 0 aliphatic heterocycles. The Kier molecular flexibility index (Phi) is 5.77. The van der Waals surface area contributed by atoms with Crippen LogP contribution >= 0.6 is 0 Å². The Morgan fingerprint density at radius 1 is 0.417 bits per heavy atom. The number of rotatable bonds is 4. The predicted molar refractivity (Wildman–Crippen MR) is 191 cm³/mol. The molecule has 0 N–H and O–H groups in total. The number of furan rings is 2. The van der Waals surface area contributed by atoms with Crippen LogP contribution in [-0.4, -0.2) is 19.9 Å². The van der Waals surface area contributed by atoms with Crippen molar-refractivity contribution < 1.29 is 8.83 Å². The zero-order valence-corrected chi connectivity index (χ0v) is 25.5. The van der Waals surface area contributed by atoms with Crippen LogP contribution in [0.5, 0.6) is 0 Å². The van der Waals surface area contributed by atoms with Crippen LogP contribution in [0.4, 0.5) is 0 Å². The summed E-state index contributed by atoms with van der Waals surface area (Å²) < 4.78 is 13.0. The van der Waals surface area contributed by atoms with Crippen molar-refractivity contribution in [2.24, 2.45) is 0 Å². The fourth-order valence-electron chi connectivity index (χ4n) is 6.73. The number of hydrogen-bond donors (Lipinski definition) is 0. The molecular formula is C42H24N4O2. The van der Waals surface area contributed by atoms with Gasteiger partial charge in [0.2, 0.25) is 0 Å². The standard InChI is InChI=1S/C42H24N4O2/c1-2-11-26(12-3-1)40-44-41(28-21-20-25-10-4-5-13-27(25)24-28)46-42(45-40)33-17-9-19-35-36(33)37-39(48-35)32(22-23-43-37)31-16-8-15-30-29-14-6-7-18-34(29)47-38(30)31/h1-24H. The van der Waals surface area contributed by atoms with Gasteiger partial charge in [-0.1, -0.05) is 115 Å². The maximum Gasteiger partial charge on any atom is 0.164 e. The van der Waals surface area contributed by atoms with Crippen LogP contribution in [0.25, 0.3) is 100 Å². The summed E-state index contributed by atoms with van der Waals surface area (Å²) in [5.74, 6) is 1.74. The number of para-hydroxylation sites is 2. The molecule has 10 rings (SSSR count). The van der Waals surface area contributed by atoms with Gasteiger partial charge in [-0.3, -0.25) is 4.98 Å². The molecule has 48 heavy (non-hydrogen) atoms. The van der Waals surface area contributed by atoms with Gasteiger partial charge < -0.3 is 8.83 Å². The summed E-state index contributed by atoms with van der Waals surface area (Å²) in [5, 5.41) is 5.27. The van der Waals surface area contributed by atoms with E-state index in [-0.39, 0.29) is 0 Å². The molecule has 0 aliphatic rings. The minimum atomic E-state index is 0.548. The van der Waals surface area contributed by atoms with Crippen molar-refractivity contribution in [1.29, 1.82) is 0 Å². The molecule has 0 unspecified atom stereocenters. The zero-order valence-electron chi connectivity index (χ0n) is 25.5. The van der Waals surface area contributed by atoms with E-state index in [0.717, 1.165) is 71.4 Å². The minimum absolute atomic E-state index is 0.548. The van der Waals surface area contributed by atoms with Gasteiger partial charge in [-0.2, -0.15) is 0 Å². The summed E-state index contributed by atoms with van der Waals surface area (Å²) in [5.41, 5.74) is 8.28. The van der Waals surface area contributed by atoms with Gasteiger partial charge in [0.1, 0.15) is 22.3 Å². The van der Waals surface area contributed by atoms with E-state index < -0.39 is 0 Å². The van der Waals surface area contributed by atoms with Crippen molar-refractivity contribution in [3.05, 3.63) is 146 Å². The molecule has 0 bridgehead atoms. The molecular weight excluding hydrogens is 592 g/mol. The number of aromatic nitrogens is 4. The SMILES string of the molecule is c1ccc(-c2nc(-c3ccc4ccccc4c3)nc(-c3cccc4oc5c(-c6cccc7c6oc6ccccc67)ccnc5c34)n2)cc1. The molecule has 6 heteroatoms. The fraction of sp³-hybridized carbons (Fsp3) is 0. The van der Waals surface area contributed by atoms with Gasteiger partial charge in [0.25, 0.3) is 0 Å². The number of pyridine rings is 1. The van der Waals surface area contributed by atoms with Gasteiger partial charge in [0, 0.05) is 44.8 Å². The third-order valence-corrected chi connectivity index (χ3v) is 8.99. The Balaban J connectivity index is 1.21. The third-order valence-electron chi connectivity index (χ3n) is 8.99. The highest BCUT2D eigenvalue weighted by atomic mass is 16.3.